The summed E-state index contributed by atoms with van der Waals surface area (Å²) in [6, 6.07) is 0. The standard InChI is InChI=1S/C5H9F3.C5H12.C4H7F3.6C4H10.2C3H8/c1-4(2,3)5(6,7)8;1-3-5-4-2;1-3(2)4(5,6)7;4*1-4(2)3;2*1-3-4-2;2*1-3-2/h1-3H3;3-5H2,1-2H3;3H,1-2H3;4*4H,1-3H3;2*3-4H2,1-2H3;2*3H2,1-2H3/i;;;4D;;;;3D2;;3D2;. The van der Waals surface area contributed by atoms with Crippen LogP contribution in [0.25, 0.3) is 0 Å². The van der Waals surface area contributed by atoms with E-state index in [1.807, 2.05) is 27.7 Å². The highest BCUT2D eigenvalue weighted by Gasteiger charge is 2.42. The third-order valence-electron chi connectivity index (χ3n) is 3.07. The van der Waals surface area contributed by atoms with Gasteiger partial charge in [-0.1, -0.05) is 245 Å². The highest BCUT2D eigenvalue weighted by atomic mass is 19.4. The maximum absolute atomic E-state index is 11.6. The Morgan fingerprint density at radius 3 is 0.580 bits per heavy atom. The molecule has 0 unspecified atom stereocenters. The largest absolute Gasteiger partial charge is 0.393 e. The van der Waals surface area contributed by atoms with Crippen molar-refractivity contribution in [1.82, 2.24) is 0 Å². The van der Waals surface area contributed by atoms with Crippen LogP contribution in [0.2, 0.25) is 0 Å². The van der Waals surface area contributed by atoms with Gasteiger partial charge in [0.15, 0.2) is 0 Å². The molecule has 0 fully saturated rings. The number of unbranched alkanes of at least 4 members (excludes halogenated alkanes) is 3. The summed E-state index contributed by atoms with van der Waals surface area (Å²) in [5.41, 5.74) is -1.56. The zero-order valence-electron chi connectivity index (χ0n) is 44.5. The second kappa shape index (κ2) is 63.6. The normalized spacial score (nSPS) is 12.0. The Bertz CT molecular complexity index is 559. The monoisotopic (exact) mass is 752 g/mol. The molecule has 50 heavy (non-hydrogen) atoms. The van der Waals surface area contributed by atoms with Crippen LogP contribution in [0.1, 0.15) is 251 Å². The van der Waals surface area contributed by atoms with Gasteiger partial charge in [-0.2, -0.15) is 26.3 Å². The summed E-state index contributed by atoms with van der Waals surface area (Å²) < 4.78 is 102. The minimum absolute atomic E-state index is 0.250. The van der Waals surface area contributed by atoms with Crippen molar-refractivity contribution in [2.24, 2.45) is 35.0 Å². The van der Waals surface area contributed by atoms with Gasteiger partial charge in [-0.15, -0.1) is 0 Å². The molecular formula is C44H104F6. The minimum Gasteiger partial charge on any atom is -0.171 e. The molecule has 0 aliphatic rings. The highest BCUT2D eigenvalue weighted by Crippen LogP contribution is 2.36. The average Bonchev–Trinajstić information content (AvgIpc) is 2.86. The fourth-order valence-corrected chi connectivity index (χ4v) is 0.354. The molecule has 0 aliphatic carbocycles. The van der Waals surface area contributed by atoms with Crippen LogP contribution in [0.3, 0.4) is 0 Å². The SMILES string of the molecule is CC(C)(C)C(F)(F)F.CC(C)C.CC(C)C.CC(C)C.CC(C)C(F)(F)F.CCC.CCCC.CCCCC.[2H]C(C)(C)C.[2H]C([2H])(C)C.[2H]C([2H])(C)CC. The third-order valence-corrected chi connectivity index (χ3v) is 3.07. The molecule has 0 saturated carbocycles. The molecule has 0 heterocycles. The van der Waals surface area contributed by atoms with Crippen molar-refractivity contribution in [2.75, 3.05) is 0 Å². The van der Waals surface area contributed by atoms with E-state index < -0.39 is 36.4 Å². The van der Waals surface area contributed by atoms with Gasteiger partial charge in [0.1, 0.15) is 0 Å². The lowest BCUT2D eigenvalue weighted by Crippen LogP contribution is -2.28. The van der Waals surface area contributed by atoms with Gasteiger partial charge < -0.3 is 0 Å². The lowest BCUT2D eigenvalue weighted by molar-refractivity contribution is -0.204. The van der Waals surface area contributed by atoms with Crippen LogP contribution in [0, 0.1) is 35.0 Å². The van der Waals surface area contributed by atoms with Crippen molar-refractivity contribution in [1.29, 1.82) is 0 Å². The lowest BCUT2D eigenvalue weighted by atomic mass is 9.96. The second-order valence-electron chi connectivity index (χ2n) is 15.4. The topological polar surface area (TPSA) is 0 Å². The van der Waals surface area contributed by atoms with Crippen LogP contribution in [0.4, 0.5) is 26.3 Å². The Hall–Kier alpha value is -0.420. The first kappa shape index (κ1) is 61.6. The van der Waals surface area contributed by atoms with Crippen LogP contribution in [0.15, 0.2) is 0 Å². The molecule has 0 aromatic heterocycles. The molecule has 0 nitrogen and oxygen atoms in total. The van der Waals surface area contributed by atoms with Gasteiger partial charge in [0, 0.05) is 12.8 Å². The second-order valence-corrected chi connectivity index (χ2v) is 15.4. The van der Waals surface area contributed by atoms with E-state index in [1.54, 1.807) is 6.92 Å². The molecule has 0 aliphatic heterocycles. The first-order valence-corrected chi connectivity index (χ1v) is 19.3. The predicted octanol–water partition coefficient (Wildman–Crippen LogP) is 20.1. The van der Waals surface area contributed by atoms with Crippen molar-refractivity contribution >= 4 is 0 Å². The lowest BCUT2D eigenvalue weighted by Gasteiger charge is -2.21. The van der Waals surface area contributed by atoms with Crippen LogP contribution < -0.4 is 0 Å². The van der Waals surface area contributed by atoms with Crippen LogP contribution in [-0.4, -0.2) is 12.4 Å². The van der Waals surface area contributed by atoms with E-state index in [2.05, 4.69) is 104 Å². The van der Waals surface area contributed by atoms with Crippen molar-refractivity contribution in [3.8, 4) is 0 Å². The van der Waals surface area contributed by atoms with Gasteiger partial charge in [0.05, 0.1) is 5.41 Å². The molecule has 0 aromatic rings. The van der Waals surface area contributed by atoms with Crippen LogP contribution in [0.5, 0.6) is 0 Å². The van der Waals surface area contributed by atoms with Crippen LogP contribution in [-0.2, 0) is 0 Å². The Morgan fingerprint density at radius 2 is 0.580 bits per heavy atom. The van der Waals surface area contributed by atoms with E-state index in [4.69, 9.17) is 6.85 Å². The summed E-state index contributed by atoms with van der Waals surface area (Å²) in [6.45, 7) is 50.2. The van der Waals surface area contributed by atoms with E-state index >= 15 is 0 Å². The van der Waals surface area contributed by atoms with Gasteiger partial charge >= 0.3 is 12.4 Å². The maximum Gasteiger partial charge on any atom is 0.393 e. The average molecular weight is 752 g/mol. The van der Waals surface area contributed by atoms with E-state index in [-0.39, 0.29) is 5.89 Å². The quantitative estimate of drug-likeness (QED) is 0.251. The Balaban J connectivity index is -0.0000000435. The first-order valence-electron chi connectivity index (χ1n) is 21.8. The van der Waals surface area contributed by atoms with Gasteiger partial charge in [-0.3, -0.25) is 0 Å². The molecule has 0 rings (SSSR count). The van der Waals surface area contributed by atoms with Crippen molar-refractivity contribution in [3.05, 3.63) is 0 Å². The fraction of sp³-hybridized carbons (Fsp3) is 1.00. The van der Waals surface area contributed by atoms with Gasteiger partial charge in [-0.05, 0) is 23.6 Å². The Labute approximate surface area is 325 Å². The maximum atomic E-state index is 11.6. The molecule has 322 valence electrons. The summed E-state index contributed by atoms with van der Waals surface area (Å²) >= 11 is 0. The number of hydrogen-bond acceptors (Lipinski definition) is 0. The van der Waals surface area contributed by atoms with Crippen LogP contribution >= 0.6 is 0 Å². The Kier molecular flexibility index (Phi) is 78.4. The molecule has 6 heteroatoms. The zero-order valence-corrected chi connectivity index (χ0v) is 39.5. The smallest absolute Gasteiger partial charge is 0.171 e. The molecule has 0 bridgehead atoms. The molecule has 0 aromatic carbocycles. The molecule has 0 atom stereocenters. The number of alkyl halides is 6. The van der Waals surface area contributed by atoms with E-state index in [9.17, 15) is 26.3 Å². The molecule has 0 spiro atoms. The molecule has 0 N–H and O–H groups in total. The zero-order chi connectivity index (χ0) is 48.3. The van der Waals surface area contributed by atoms with Crippen molar-refractivity contribution in [2.45, 2.75) is 257 Å². The van der Waals surface area contributed by atoms with Gasteiger partial charge in [-0.25, -0.2) is 0 Å². The third kappa shape index (κ3) is 299. The van der Waals surface area contributed by atoms with Gasteiger partial charge in [0.2, 0.25) is 0 Å². The summed E-state index contributed by atoms with van der Waals surface area (Å²) in [6.07, 6.45) is -1.45. The first-order chi connectivity index (χ1) is 23.7. The summed E-state index contributed by atoms with van der Waals surface area (Å²) in [5, 5.41) is 0. The van der Waals surface area contributed by atoms with Gasteiger partial charge in [0.25, 0.3) is 0 Å². The molecule has 0 saturated heterocycles. The molecule has 0 radical (unpaired) electrons. The number of hydrogen-bond donors (Lipinski definition) is 0. The van der Waals surface area contributed by atoms with E-state index in [0.29, 0.717) is 6.42 Å². The molecular weight excluding hydrogens is 642 g/mol. The highest BCUT2D eigenvalue weighted by molar-refractivity contribution is 4.70. The molecule has 0 amide bonds. The van der Waals surface area contributed by atoms with E-state index in [1.165, 1.54) is 52.4 Å². The Morgan fingerprint density at radius 1 is 0.460 bits per heavy atom. The summed E-state index contributed by atoms with van der Waals surface area (Å²) in [4.78, 5) is 0. The predicted molar refractivity (Wildman–Crippen MR) is 227 cm³/mol. The summed E-state index contributed by atoms with van der Waals surface area (Å²) in [5.74, 6) is 1.05. The summed E-state index contributed by atoms with van der Waals surface area (Å²) in [7, 11) is 0. The van der Waals surface area contributed by atoms with E-state index in [0.717, 1.165) is 52.4 Å². The van der Waals surface area contributed by atoms with Crippen molar-refractivity contribution in [3.63, 3.8) is 0 Å². The minimum atomic E-state index is -4.06. The number of halogens is 6. The number of rotatable bonds is 4. The van der Waals surface area contributed by atoms with Crippen molar-refractivity contribution < 1.29 is 33.2 Å². The fourth-order valence-electron chi connectivity index (χ4n) is 0.354.